The van der Waals surface area contributed by atoms with Gasteiger partial charge in [-0.05, 0) is 35.8 Å². The van der Waals surface area contributed by atoms with Crippen molar-refractivity contribution in [1.29, 1.82) is 0 Å². The molecule has 3 unspecified atom stereocenters. The SMILES string of the molecule is COc1ccc(/C=C/C(=O)OCC2=CCC3C(C(=O)O)=COC(O[C@@H]4O[C@H](CO)[C@@H](O)[C@H](O)[C@H]4O)C23)cc1OC. The number of ether oxygens (including phenoxy) is 6. The summed E-state index contributed by atoms with van der Waals surface area (Å²) in [6.45, 7) is -0.843. The van der Waals surface area contributed by atoms with Crippen LogP contribution in [0.15, 0.2) is 47.8 Å². The first-order valence-corrected chi connectivity index (χ1v) is 12.5. The number of benzene rings is 1. The number of carbonyl (C=O) groups is 2. The Morgan fingerprint density at radius 2 is 1.80 bits per heavy atom. The van der Waals surface area contributed by atoms with Crippen LogP contribution in [0.5, 0.6) is 11.5 Å². The van der Waals surface area contributed by atoms with Crippen molar-refractivity contribution in [3.05, 3.63) is 53.3 Å². The third kappa shape index (κ3) is 6.14. The van der Waals surface area contributed by atoms with Crippen molar-refractivity contribution in [2.24, 2.45) is 11.8 Å². The van der Waals surface area contributed by atoms with Crippen molar-refractivity contribution in [3.8, 4) is 11.5 Å². The average Bonchev–Trinajstić information content (AvgIpc) is 3.39. The van der Waals surface area contributed by atoms with E-state index in [0.717, 1.165) is 6.26 Å². The summed E-state index contributed by atoms with van der Waals surface area (Å²) in [5, 5.41) is 49.6. The van der Waals surface area contributed by atoms with Crippen LogP contribution in [0.4, 0.5) is 0 Å². The quantitative estimate of drug-likeness (QED) is 0.145. The van der Waals surface area contributed by atoms with Gasteiger partial charge in [-0.1, -0.05) is 12.1 Å². The van der Waals surface area contributed by atoms with Crippen LogP contribution in [0.1, 0.15) is 12.0 Å². The minimum Gasteiger partial charge on any atom is -0.493 e. The summed E-state index contributed by atoms with van der Waals surface area (Å²) in [5.74, 6) is -2.13. The van der Waals surface area contributed by atoms with Gasteiger partial charge in [0.25, 0.3) is 0 Å². The predicted octanol–water partition coefficient (Wildman–Crippen LogP) is -0.0360. The summed E-state index contributed by atoms with van der Waals surface area (Å²) in [6, 6.07) is 5.11. The Morgan fingerprint density at radius 1 is 1.05 bits per heavy atom. The molecule has 1 aliphatic carbocycles. The molecule has 5 N–H and O–H groups in total. The molecule has 13 heteroatoms. The number of allylic oxidation sites excluding steroid dienone is 1. The van der Waals surface area contributed by atoms with Gasteiger partial charge in [0.15, 0.2) is 17.8 Å². The number of hydrogen-bond donors (Lipinski definition) is 5. The number of carboxylic acids is 1. The molecule has 13 nitrogen and oxygen atoms in total. The monoisotopic (exact) mass is 564 g/mol. The summed E-state index contributed by atoms with van der Waals surface area (Å²) in [7, 11) is 3.01. The molecule has 1 aromatic carbocycles. The fourth-order valence-corrected chi connectivity index (χ4v) is 4.93. The minimum absolute atomic E-state index is 0.00965. The summed E-state index contributed by atoms with van der Waals surface area (Å²) in [5.41, 5.74) is 1.18. The number of aliphatic hydroxyl groups is 4. The largest absolute Gasteiger partial charge is 0.493 e. The van der Waals surface area contributed by atoms with Gasteiger partial charge < -0.3 is 54.0 Å². The standard InChI is InChI=1S/C27H32O13/c1-35-17-7-3-13(9-18(17)36-2)4-8-20(29)37-11-14-5-6-15-16(25(33)34)12-38-26(21(14)15)40-27-24(32)23(31)22(30)19(10-28)39-27/h3-5,7-9,12,15,19,21-24,26-28,30-32H,6,10-11H2,1-2H3,(H,33,34)/b8-4+/t15?,19-,21?,22-,23+,24-,26?,27+/m1/s1. The van der Waals surface area contributed by atoms with Crippen LogP contribution < -0.4 is 9.47 Å². The molecular formula is C27H32O13. The van der Waals surface area contributed by atoms with Crippen molar-refractivity contribution in [3.63, 3.8) is 0 Å². The Bertz CT molecular complexity index is 1170. The van der Waals surface area contributed by atoms with E-state index >= 15 is 0 Å². The Labute approximate surface area is 229 Å². The lowest BCUT2D eigenvalue weighted by Crippen LogP contribution is -2.60. The first-order chi connectivity index (χ1) is 19.2. The van der Waals surface area contributed by atoms with E-state index in [0.29, 0.717) is 29.1 Å². The molecule has 2 heterocycles. The molecular weight excluding hydrogens is 532 g/mol. The highest BCUT2D eigenvalue weighted by atomic mass is 16.8. The van der Waals surface area contributed by atoms with Gasteiger partial charge in [0, 0.05) is 12.0 Å². The number of esters is 1. The molecule has 0 bridgehead atoms. The lowest BCUT2D eigenvalue weighted by Gasteiger charge is -2.42. The normalized spacial score (nSPS) is 31.6. The Balaban J connectivity index is 1.44. The molecule has 0 amide bonds. The second-order valence-electron chi connectivity index (χ2n) is 9.42. The van der Waals surface area contributed by atoms with Gasteiger partial charge in [-0.25, -0.2) is 9.59 Å². The Hall–Kier alpha value is -3.46. The van der Waals surface area contributed by atoms with Gasteiger partial charge in [-0.15, -0.1) is 0 Å². The van der Waals surface area contributed by atoms with E-state index < -0.39 is 67.4 Å². The first kappa shape index (κ1) is 29.5. The second kappa shape index (κ2) is 12.8. The van der Waals surface area contributed by atoms with E-state index in [2.05, 4.69) is 0 Å². The van der Waals surface area contributed by atoms with Crippen molar-refractivity contribution in [2.45, 2.75) is 43.4 Å². The second-order valence-corrected chi connectivity index (χ2v) is 9.42. The highest BCUT2D eigenvalue weighted by Crippen LogP contribution is 2.44. The maximum atomic E-state index is 12.5. The van der Waals surface area contributed by atoms with Crippen LogP contribution in [0.2, 0.25) is 0 Å². The molecule has 1 aromatic rings. The highest BCUT2D eigenvalue weighted by Gasteiger charge is 2.49. The Morgan fingerprint density at radius 3 is 2.48 bits per heavy atom. The molecule has 0 aromatic heterocycles. The zero-order valence-electron chi connectivity index (χ0n) is 21.8. The topological polar surface area (TPSA) is 191 Å². The number of aliphatic carboxylic acids is 1. The number of methoxy groups -OCH3 is 2. The minimum atomic E-state index is -1.68. The van der Waals surface area contributed by atoms with Gasteiger partial charge in [0.2, 0.25) is 6.29 Å². The summed E-state index contributed by atoms with van der Waals surface area (Å²) in [4.78, 5) is 24.3. The lowest BCUT2D eigenvalue weighted by atomic mass is 9.83. The molecule has 4 rings (SSSR count). The molecule has 218 valence electrons. The molecule has 0 radical (unpaired) electrons. The van der Waals surface area contributed by atoms with Crippen LogP contribution in [0, 0.1) is 11.8 Å². The van der Waals surface area contributed by atoms with Gasteiger partial charge in [0.1, 0.15) is 31.0 Å². The van der Waals surface area contributed by atoms with E-state index in [1.807, 2.05) is 0 Å². The zero-order valence-corrected chi connectivity index (χ0v) is 21.8. The van der Waals surface area contributed by atoms with E-state index in [-0.39, 0.29) is 12.2 Å². The lowest BCUT2D eigenvalue weighted by molar-refractivity contribution is -0.339. The number of fused-ring (bicyclic) bond motifs is 1. The van der Waals surface area contributed by atoms with Gasteiger partial charge >= 0.3 is 11.9 Å². The van der Waals surface area contributed by atoms with E-state index in [1.165, 1.54) is 26.4 Å². The maximum Gasteiger partial charge on any atom is 0.335 e. The van der Waals surface area contributed by atoms with E-state index in [1.54, 1.807) is 24.3 Å². The maximum absolute atomic E-state index is 12.5. The fraction of sp³-hybridized carbons (Fsp3) is 0.481. The summed E-state index contributed by atoms with van der Waals surface area (Å²) in [6.07, 6.45) is -2.98. The van der Waals surface area contributed by atoms with E-state index in [4.69, 9.17) is 28.4 Å². The average molecular weight is 565 g/mol. The van der Waals surface area contributed by atoms with Gasteiger partial charge in [-0.2, -0.15) is 0 Å². The molecule has 0 spiro atoms. The first-order valence-electron chi connectivity index (χ1n) is 12.5. The molecule has 1 saturated heterocycles. The van der Waals surface area contributed by atoms with E-state index in [9.17, 15) is 35.1 Å². The third-order valence-electron chi connectivity index (χ3n) is 7.08. The number of rotatable bonds is 10. The summed E-state index contributed by atoms with van der Waals surface area (Å²) >= 11 is 0. The van der Waals surface area contributed by atoms with Crippen LogP contribution in [-0.4, -0.2) is 102 Å². The van der Waals surface area contributed by atoms with Crippen LogP contribution in [0.25, 0.3) is 6.08 Å². The van der Waals surface area contributed by atoms with Crippen molar-refractivity contribution in [1.82, 2.24) is 0 Å². The van der Waals surface area contributed by atoms with Crippen LogP contribution in [-0.2, 0) is 28.5 Å². The Kier molecular flexibility index (Phi) is 9.45. The molecule has 8 atom stereocenters. The fourth-order valence-electron chi connectivity index (χ4n) is 4.93. The molecule has 2 aliphatic heterocycles. The molecule has 3 aliphatic rings. The van der Waals surface area contributed by atoms with Crippen molar-refractivity contribution < 1.29 is 63.5 Å². The molecule has 0 saturated carbocycles. The summed E-state index contributed by atoms with van der Waals surface area (Å²) < 4.78 is 32.6. The van der Waals surface area contributed by atoms with Crippen LogP contribution in [0.3, 0.4) is 0 Å². The van der Waals surface area contributed by atoms with Gasteiger partial charge in [-0.3, -0.25) is 0 Å². The van der Waals surface area contributed by atoms with Crippen molar-refractivity contribution in [2.75, 3.05) is 27.4 Å². The predicted molar refractivity (Wildman–Crippen MR) is 135 cm³/mol. The number of hydrogen-bond acceptors (Lipinski definition) is 12. The smallest absolute Gasteiger partial charge is 0.335 e. The zero-order chi connectivity index (χ0) is 29.0. The van der Waals surface area contributed by atoms with Gasteiger partial charge in [0.05, 0.1) is 38.6 Å². The highest BCUT2D eigenvalue weighted by molar-refractivity contribution is 5.88. The number of carboxylic acid groups (broad SMARTS) is 1. The number of aliphatic hydroxyl groups excluding tert-OH is 4. The molecule has 1 fully saturated rings. The van der Waals surface area contributed by atoms with Crippen LogP contribution >= 0.6 is 0 Å². The van der Waals surface area contributed by atoms with Crippen molar-refractivity contribution >= 4 is 18.0 Å². The third-order valence-corrected chi connectivity index (χ3v) is 7.08. The number of carbonyl (C=O) groups excluding carboxylic acids is 1. The molecule has 40 heavy (non-hydrogen) atoms.